The van der Waals surface area contributed by atoms with Gasteiger partial charge in [-0.1, -0.05) is 23.9 Å². The first-order valence-electron chi connectivity index (χ1n) is 6.47. The fraction of sp³-hybridized carbons (Fsp3) is 0.133. The molecular formula is C15H13N3O2S2. The number of nitrogens with two attached hydrogens (primary N) is 1. The predicted molar refractivity (Wildman–Crippen MR) is 89.3 cm³/mol. The minimum Gasteiger partial charge on any atom is -0.497 e. The smallest absolute Gasteiger partial charge is 0.227 e. The maximum absolute atomic E-state index is 11.0. The molecule has 0 bridgehead atoms. The molecule has 2 aromatic heterocycles. The van der Waals surface area contributed by atoms with Crippen LogP contribution in [0.15, 0.2) is 41.0 Å². The lowest BCUT2D eigenvalue weighted by Crippen LogP contribution is -2.13. The number of primary amides is 1. The molecule has 2 heterocycles. The van der Waals surface area contributed by atoms with Crippen molar-refractivity contribution in [1.82, 2.24) is 9.97 Å². The molecule has 0 spiro atoms. The third-order valence-corrected chi connectivity index (χ3v) is 4.99. The van der Waals surface area contributed by atoms with Gasteiger partial charge in [-0.05, 0) is 17.7 Å². The molecule has 0 aliphatic carbocycles. The van der Waals surface area contributed by atoms with Crippen LogP contribution in [-0.2, 0) is 4.79 Å². The number of methoxy groups -OCH3 is 1. The maximum Gasteiger partial charge on any atom is 0.227 e. The average molecular weight is 331 g/mol. The number of carbonyl (C=O) groups is 1. The van der Waals surface area contributed by atoms with Crippen LogP contribution in [0.4, 0.5) is 0 Å². The molecule has 3 aromatic rings. The number of amides is 1. The fourth-order valence-electron chi connectivity index (χ4n) is 2.08. The topological polar surface area (TPSA) is 78.1 Å². The summed E-state index contributed by atoms with van der Waals surface area (Å²) in [5, 5.41) is 3.79. The third-order valence-electron chi connectivity index (χ3n) is 3.09. The van der Waals surface area contributed by atoms with E-state index in [1.165, 1.54) is 18.1 Å². The number of nitrogens with zero attached hydrogens (tertiary/aromatic N) is 2. The minimum absolute atomic E-state index is 0.198. The van der Waals surface area contributed by atoms with Gasteiger partial charge in [-0.15, -0.1) is 11.3 Å². The molecule has 0 saturated carbocycles. The molecule has 0 radical (unpaired) electrons. The van der Waals surface area contributed by atoms with Crippen LogP contribution in [0, 0.1) is 0 Å². The predicted octanol–water partition coefficient (Wildman–Crippen LogP) is 2.94. The number of thioether (sulfide) groups is 1. The van der Waals surface area contributed by atoms with E-state index in [4.69, 9.17) is 10.5 Å². The number of rotatable bonds is 5. The van der Waals surface area contributed by atoms with E-state index in [1.54, 1.807) is 18.4 Å². The molecule has 7 heteroatoms. The zero-order chi connectivity index (χ0) is 15.5. The van der Waals surface area contributed by atoms with Gasteiger partial charge in [-0.25, -0.2) is 9.97 Å². The summed E-state index contributed by atoms with van der Waals surface area (Å²) in [4.78, 5) is 20.5. The fourth-order valence-corrected chi connectivity index (χ4v) is 3.81. The zero-order valence-electron chi connectivity index (χ0n) is 11.8. The van der Waals surface area contributed by atoms with Gasteiger partial charge in [0.15, 0.2) is 0 Å². The van der Waals surface area contributed by atoms with Gasteiger partial charge >= 0.3 is 0 Å². The molecule has 0 aliphatic rings. The first-order chi connectivity index (χ1) is 10.7. The minimum atomic E-state index is -0.363. The van der Waals surface area contributed by atoms with Gasteiger partial charge in [0.05, 0.1) is 18.2 Å². The van der Waals surface area contributed by atoms with Crippen molar-refractivity contribution in [2.24, 2.45) is 5.73 Å². The second kappa shape index (κ2) is 6.33. The molecular weight excluding hydrogens is 318 g/mol. The van der Waals surface area contributed by atoms with Gasteiger partial charge in [0.1, 0.15) is 21.9 Å². The third kappa shape index (κ3) is 2.90. The van der Waals surface area contributed by atoms with Crippen LogP contribution in [0.5, 0.6) is 5.75 Å². The normalized spacial score (nSPS) is 10.8. The lowest BCUT2D eigenvalue weighted by Gasteiger charge is -2.05. The van der Waals surface area contributed by atoms with Crippen molar-refractivity contribution >= 4 is 39.2 Å². The summed E-state index contributed by atoms with van der Waals surface area (Å²) in [6.45, 7) is 0. The second-order valence-electron chi connectivity index (χ2n) is 4.49. The van der Waals surface area contributed by atoms with Crippen molar-refractivity contribution in [2.45, 2.75) is 5.03 Å². The van der Waals surface area contributed by atoms with E-state index in [2.05, 4.69) is 15.3 Å². The number of hydrogen-bond donors (Lipinski definition) is 1. The molecule has 5 nitrogen and oxygen atoms in total. The van der Waals surface area contributed by atoms with E-state index < -0.39 is 0 Å². The number of thiophene rings is 1. The van der Waals surface area contributed by atoms with E-state index in [-0.39, 0.29) is 11.7 Å². The second-order valence-corrected chi connectivity index (χ2v) is 6.31. The molecule has 0 aliphatic heterocycles. The summed E-state index contributed by atoms with van der Waals surface area (Å²) in [7, 11) is 1.64. The first-order valence-corrected chi connectivity index (χ1v) is 8.33. The molecule has 0 saturated heterocycles. The van der Waals surface area contributed by atoms with Gasteiger partial charge in [0, 0.05) is 10.9 Å². The van der Waals surface area contributed by atoms with E-state index in [0.29, 0.717) is 0 Å². The largest absolute Gasteiger partial charge is 0.497 e. The van der Waals surface area contributed by atoms with E-state index in [0.717, 1.165) is 32.1 Å². The SMILES string of the molecule is COc1ccc(-c2csc3ncnc(SCC(N)=O)c23)cc1. The summed E-state index contributed by atoms with van der Waals surface area (Å²) in [6, 6.07) is 7.82. The number of benzene rings is 1. The number of ether oxygens (including phenoxy) is 1. The standard InChI is InChI=1S/C15H13N3O2S2/c1-20-10-4-2-9(3-5-10)11-6-21-14-13(11)15(18-8-17-14)22-7-12(16)19/h2-6,8H,7H2,1H3,(H2,16,19). The Balaban J connectivity index is 2.07. The maximum atomic E-state index is 11.0. The Kier molecular flexibility index (Phi) is 4.26. The van der Waals surface area contributed by atoms with E-state index in [1.807, 2.05) is 24.3 Å². The average Bonchev–Trinajstić information content (AvgIpc) is 2.97. The highest BCUT2D eigenvalue weighted by Gasteiger charge is 2.14. The highest BCUT2D eigenvalue weighted by molar-refractivity contribution is 8.00. The van der Waals surface area contributed by atoms with Crippen LogP contribution >= 0.6 is 23.1 Å². The molecule has 0 fully saturated rings. The molecule has 3 rings (SSSR count). The molecule has 0 atom stereocenters. The molecule has 1 amide bonds. The monoisotopic (exact) mass is 331 g/mol. The molecule has 112 valence electrons. The molecule has 22 heavy (non-hydrogen) atoms. The van der Waals surface area contributed by atoms with Crippen molar-refractivity contribution in [3.05, 3.63) is 36.0 Å². The van der Waals surface area contributed by atoms with Crippen LogP contribution in [0.2, 0.25) is 0 Å². The zero-order valence-corrected chi connectivity index (χ0v) is 13.4. The highest BCUT2D eigenvalue weighted by atomic mass is 32.2. The van der Waals surface area contributed by atoms with E-state index >= 15 is 0 Å². The van der Waals surface area contributed by atoms with Crippen LogP contribution in [0.25, 0.3) is 21.3 Å². The van der Waals surface area contributed by atoms with Crippen LogP contribution in [0.3, 0.4) is 0 Å². The van der Waals surface area contributed by atoms with Crippen molar-refractivity contribution in [1.29, 1.82) is 0 Å². The van der Waals surface area contributed by atoms with Crippen LogP contribution in [-0.4, -0.2) is 28.7 Å². The van der Waals surface area contributed by atoms with Gasteiger partial charge in [0.25, 0.3) is 0 Å². The van der Waals surface area contributed by atoms with Crippen LogP contribution in [0.1, 0.15) is 0 Å². The summed E-state index contributed by atoms with van der Waals surface area (Å²) in [5.74, 6) is 0.644. The van der Waals surface area contributed by atoms with Crippen molar-refractivity contribution < 1.29 is 9.53 Å². The van der Waals surface area contributed by atoms with Gasteiger partial charge in [-0.2, -0.15) is 0 Å². The Bertz CT molecular complexity index is 815. The summed E-state index contributed by atoms with van der Waals surface area (Å²) in [6.07, 6.45) is 1.51. The van der Waals surface area contributed by atoms with Crippen molar-refractivity contribution in [3.63, 3.8) is 0 Å². The van der Waals surface area contributed by atoms with Crippen molar-refractivity contribution in [3.8, 4) is 16.9 Å². The van der Waals surface area contributed by atoms with Crippen molar-refractivity contribution in [2.75, 3.05) is 12.9 Å². The Labute approximate surface area is 135 Å². The summed E-state index contributed by atoms with van der Waals surface area (Å²) < 4.78 is 5.19. The lowest BCUT2D eigenvalue weighted by molar-refractivity contribution is -0.115. The number of carbonyl (C=O) groups excluding carboxylic acids is 1. The summed E-state index contributed by atoms with van der Waals surface area (Å²) >= 11 is 2.89. The number of fused-ring (bicyclic) bond motifs is 1. The Morgan fingerprint density at radius 2 is 2.09 bits per heavy atom. The first kappa shape index (κ1) is 14.8. The Hall–Kier alpha value is -2.12. The molecule has 0 unspecified atom stereocenters. The Morgan fingerprint density at radius 1 is 1.32 bits per heavy atom. The quantitative estimate of drug-likeness (QED) is 0.574. The van der Waals surface area contributed by atoms with Gasteiger partial charge in [0.2, 0.25) is 5.91 Å². The lowest BCUT2D eigenvalue weighted by atomic mass is 10.1. The van der Waals surface area contributed by atoms with Gasteiger partial charge in [-0.3, -0.25) is 4.79 Å². The van der Waals surface area contributed by atoms with Gasteiger partial charge < -0.3 is 10.5 Å². The van der Waals surface area contributed by atoms with E-state index in [9.17, 15) is 4.79 Å². The molecule has 1 aromatic carbocycles. The number of hydrogen-bond acceptors (Lipinski definition) is 6. The van der Waals surface area contributed by atoms with Crippen LogP contribution < -0.4 is 10.5 Å². The number of aromatic nitrogens is 2. The highest BCUT2D eigenvalue weighted by Crippen LogP contribution is 2.38. The summed E-state index contributed by atoms with van der Waals surface area (Å²) in [5.41, 5.74) is 7.34. The molecule has 2 N–H and O–H groups in total. The Morgan fingerprint density at radius 3 is 2.77 bits per heavy atom.